The summed E-state index contributed by atoms with van der Waals surface area (Å²) in [6.45, 7) is 10.5. The molecule has 0 spiro atoms. The number of hydrogen-bond donors (Lipinski definition) is 0. The van der Waals surface area contributed by atoms with Crippen LogP contribution in [-0.4, -0.2) is 121 Å². The minimum atomic E-state index is -0.132. The SMILES string of the molecule is C.C.CCCCCCCCCCC/C=C/CCC(=O)OCC[S-].CCCCCCCCCCC/C=C/CCC(=O)OCC[S-].CCCCCCCCCCC/C=C/CCC(=O)OCC[S-].CCCCCCCCCCC/C=C/CCC(=O)OCC[S-].S.[Sn+2].[Sn+2]. The second-order valence-electron chi connectivity index (χ2n) is 22.2. The smallest absolute Gasteiger partial charge is 0.789 e. The van der Waals surface area contributed by atoms with Gasteiger partial charge in [-0.15, -0.1) is 23.0 Å². The van der Waals surface area contributed by atoms with E-state index in [9.17, 15) is 19.2 Å². The molecule has 0 heterocycles. The molecule has 8 nitrogen and oxygen atoms in total. The van der Waals surface area contributed by atoms with Crippen LogP contribution in [0.15, 0.2) is 48.6 Å². The fraction of sp³-hybridized carbons (Fsp3) is 0.838. The van der Waals surface area contributed by atoms with E-state index in [1.807, 2.05) is 0 Å². The van der Waals surface area contributed by atoms with Gasteiger partial charge in [0.25, 0.3) is 0 Å². The topological polar surface area (TPSA) is 105 Å². The van der Waals surface area contributed by atoms with Gasteiger partial charge in [-0.05, 0) is 77.0 Å². The van der Waals surface area contributed by atoms with E-state index < -0.39 is 0 Å². The molecule has 0 aromatic carbocycles. The third kappa shape index (κ3) is 113. The van der Waals surface area contributed by atoms with E-state index in [2.05, 4.69) is 76.3 Å². The van der Waals surface area contributed by atoms with E-state index in [0.29, 0.717) is 75.1 Å². The van der Waals surface area contributed by atoms with Gasteiger partial charge in [0, 0.05) is 25.7 Å². The number of ether oxygens (including phenoxy) is 4. The van der Waals surface area contributed by atoms with Gasteiger partial charge in [0.2, 0.25) is 0 Å². The molecule has 0 aromatic rings. The molecule has 0 atom stereocenters. The maximum absolute atomic E-state index is 11.2. The van der Waals surface area contributed by atoms with E-state index in [1.54, 1.807) is 0 Å². The molecule has 0 N–H and O–H groups in total. The minimum Gasteiger partial charge on any atom is -0.789 e. The van der Waals surface area contributed by atoms with Crippen LogP contribution in [0.3, 0.4) is 0 Å². The maximum atomic E-state index is 11.2. The molecular weight excluding hydrogens is 1410 g/mol. The van der Waals surface area contributed by atoms with Crippen LogP contribution in [0, 0.1) is 0 Å². The summed E-state index contributed by atoms with van der Waals surface area (Å²) in [5.74, 6) is 1.42. The molecule has 524 valence electrons. The third-order valence-corrected chi connectivity index (χ3v) is 14.7. The number of hydrogen-bond acceptors (Lipinski definition) is 12. The number of carbonyl (C=O) groups excluding carboxylic acids is 4. The summed E-state index contributed by atoms with van der Waals surface area (Å²) in [7, 11) is 0. The standard InChI is InChI=1S/4C18H34O2S.2CH4.H2S.2Sn/c4*1-2-3-4-5-6-7-8-9-10-11-12-13-14-15-18(19)20-16-17-21;;;;;/h4*12-13,21H,2-11,14-17H2,1H3;2*1H4;1H2;;/q;;;;;;;2*+2/p-4/b4*13-12+;;;;;. The van der Waals surface area contributed by atoms with Gasteiger partial charge in [0.1, 0.15) is 0 Å². The van der Waals surface area contributed by atoms with Gasteiger partial charge in [-0.3, -0.25) is 19.2 Å². The summed E-state index contributed by atoms with van der Waals surface area (Å²) < 4.78 is 19.7. The number of esters is 4. The first kappa shape index (κ1) is 108. The monoisotopic (exact) mass is 1560 g/mol. The Balaban J connectivity index is -0.000000134. The van der Waals surface area contributed by atoms with Gasteiger partial charge in [0.15, 0.2) is 0 Å². The fourth-order valence-electron chi connectivity index (χ4n) is 8.95. The zero-order valence-electron chi connectivity index (χ0n) is 56.6. The summed E-state index contributed by atoms with van der Waals surface area (Å²) in [5, 5.41) is 0. The van der Waals surface area contributed by atoms with Crippen molar-refractivity contribution in [3.63, 3.8) is 0 Å². The Morgan fingerprint density at radius 2 is 0.382 bits per heavy atom. The first-order valence-corrected chi connectivity index (χ1v) is 37.1. The Morgan fingerprint density at radius 1 is 0.247 bits per heavy atom. The van der Waals surface area contributed by atoms with Gasteiger partial charge in [-0.1, -0.05) is 297 Å². The Labute approximate surface area is 617 Å². The molecule has 0 aromatic heterocycles. The van der Waals surface area contributed by atoms with Crippen LogP contribution in [0.4, 0.5) is 0 Å². The number of allylic oxidation sites excluding steroid dienone is 8. The molecule has 0 rings (SSSR count). The Morgan fingerprint density at radius 3 is 0.528 bits per heavy atom. The Hall–Kier alpha value is 0.187. The van der Waals surface area contributed by atoms with Crippen molar-refractivity contribution in [2.45, 2.75) is 351 Å². The average Bonchev–Trinajstić information content (AvgIpc) is 3.50. The quantitative estimate of drug-likeness (QED) is 0.0145. The van der Waals surface area contributed by atoms with E-state index in [-0.39, 0.29) is 100 Å². The first-order chi connectivity index (χ1) is 41.2. The van der Waals surface area contributed by atoms with Gasteiger partial charge < -0.3 is 69.5 Å². The van der Waals surface area contributed by atoms with Crippen LogP contribution < -0.4 is 0 Å². The van der Waals surface area contributed by atoms with Crippen molar-refractivity contribution in [3.05, 3.63) is 48.6 Å². The third-order valence-electron chi connectivity index (χ3n) is 14.0. The zero-order valence-corrected chi connectivity index (χ0v) is 66.6. The molecule has 0 saturated heterocycles. The van der Waals surface area contributed by atoms with Crippen LogP contribution in [0.5, 0.6) is 0 Å². The first-order valence-electron chi connectivity index (χ1n) is 34.8. The molecule has 0 aliphatic rings. The fourth-order valence-corrected chi connectivity index (χ4v) is 9.28. The molecule has 0 amide bonds. The molecular formula is C74H142O8S5Sn2. The van der Waals surface area contributed by atoms with Crippen molar-refractivity contribution >= 4 is 136 Å². The van der Waals surface area contributed by atoms with E-state index in [1.165, 1.54) is 231 Å². The van der Waals surface area contributed by atoms with Crippen molar-refractivity contribution in [2.75, 3.05) is 49.4 Å². The number of carbonyl (C=O) groups is 4. The molecule has 15 heteroatoms. The second kappa shape index (κ2) is 104. The molecule has 89 heavy (non-hydrogen) atoms. The molecule has 0 saturated carbocycles. The van der Waals surface area contributed by atoms with Crippen molar-refractivity contribution in [3.8, 4) is 0 Å². The van der Waals surface area contributed by atoms with E-state index >= 15 is 0 Å². The van der Waals surface area contributed by atoms with Crippen LogP contribution in [-0.2, 0) is 88.6 Å². The van der Waals surface area contributed by atoms with Crippen LogP contribution >= 0.6 is 13.5 Å². The van der Waals surface area contributed by atoms with Crippen LogP contribution in [0.25, 0.3) is 0 Å². The van der Waals surface area contributed by atoms with Crippen LogP contribution in [0.2, 0.25) is 0 Å². The van der Waals surface area contributed by atoms with Crippen LogP contribution in [0.1, 0.15) is 351 Å². The number of unbranched alkanes of at least 4 members (excludes halogenated alkanes) is 36. The summed E-state index contributed by atoms with van der Waals surface area (Å²) in [6, 6.07) is 0. The van der Waals surface area contributed by atoms with Gasteiger partial charge in [-0.2, -0.15) is 13.5 Å². The molecule has 0 aliphatic carbocycles. The minimum absolute atomic E-state index is 0. The average molecular weight is 1560 g/mol. The van der Waals surface area contributed by atoms with Crippen molar-refractivity contribution in [1.29, 1.82) is 0 Å². The van der Waals surface area contributed by atoms with Gasteiger partial charge in [-0.25, -0.2) is 0 Å². The van der Waals surface area contributed by atoms with E-state index in [4.69, 9.17) is 69.5 Å². The van der Waals surface area contributed by atoms with Crippen molar-refractivity contribution in [1.82, 2.24) is 0 Å². The van der Waals surface area contributed by atoms with Gasteiger partial charge >= 0.3 is 71.7 Å². The Kier molecular flexibility index (Phi) is 126. The predicted molar refractivity (Wildman–Crippen MR) is 409 cm³/mol. The predicted octanol–water partition coefficient (Wildman–Crippen LogP) is 22.0. The number of rotatable bonds is 60. The molecule has 0 bridgehead atoms. The van der Waals surface area contributed by atoms with Gasteiger partial charge in [0.05, 0.1) is 26.4 Å². The largest absolute Gasteiger partial charge is 2.00 e. The zero-order chi connectivity index (χ0) is 62.4. The van der Waals surface area contributed by atoms with Crippen molar-refractivity contribution < 1.29 is 38.1 Å². The van der Waals surface area contributed by atoms with E-state index in [0.717, 1.165) is 51.4 Å². The second-order valence-corrected chi connectivity index (χ2v) is 23.8. The maximum Gasteiger partial charge on any atom is 2.00 e. The Bertz CT molecular complexity index is 1230. The molecule has 0 unspecified atom stereocenters. The summed E-state index contributed by atoms with van der Waals surface area (Å²) in [5.41, 5.74) is 0. The normalized spacial score (nSPS) is 10.5. The summed E-state index contributed by atoms with van der Waals surface area (Å²) >= 11 is 18.9. The molecule has 0 fully saturated rings. The molecule has 4 radical (unpaired) electrons. The molecule has 0 aliphatic heterocycles. The summed E-state index contributed by atoms with van der Waals surface area (Å²) in [4.78, 5) is 44.8. The van der Waals surface area contributed by atoms with Crippen molar-refractivity contribution in [2.24, 2.45) is 0 Å². The summed E-state index contributed by atoms with van der Waals surface area (Å²) in [6.07, 6.45) is 76.0.